The Bertz CT molecular complexity index is 169. The number of rotatable bonds is 3. The van der Waals surface area contributed by atoms with E-state index < -0.39 is 21.2 Å². The van der Waals surface area contributed by atoms with E-state index >= 15 is 0 Å². The standard InChI is InChI=1S/C6H8Cl4O2/c1-3(12-4(2)11)6(9,10)5(7)8/h3,5H,1-2H3. The molecule has 0 aromatic heterocycles. The smallest absolute Gasteiger partial charge is 0.302 e. The molecular weight excluding hydrogens is 246 g/mol. The average Bonchev–Trinajstić information content (AvgIpc) is 1.85. The van der Waals surface area contributed by atoms with E-state index in [2.05, 4.69) is 0 Å². The van der Waals surface area contributed by atoms with Crippen LogP contribution in [0.25, 0.3) is 0 Å². The summed E-state index contributed by atoms with van der Waals surface area (Å²) in [4.78, 5) is 9.48. The molecule has 0 saturated heterocycles. The van der Waals surface area contributed by atoms with Gasteiger partial charge in [-0.05, 0) is 6.92 Å². The van der Waals surface area contributed by atoms with Crippen molar-refractivity contribution >= 4 is 52.4 Å². The van der Waals surface area contributed by atoms with Gasteiger partial charge in [-0.2, -0.15) is 0 Å². The summed E-state index contributed by atoms with van der Waals surface area (Å²) in [5.74, 6) is -0.484. The number of carbonyl (C=O) groups excluding carboxylic acids is 1. The van der Waals surface area contributed by atoms with Gasteiger partial charge in [0.25, 0.3) is 0 Å². The first-order valence-corrected chi connectivity index (χ1v) is 4.74. The minimum atomic E-state index is -1.48. The highest BCUT2D eigenvalue weighted by Crippen LogP contribution is 2.36. The quantitative estimate of drug-likeness (QED) is 0.571. The molecule has 0 rings (SSSR count). The van der Waals surface area contributed by atoms with Crippen LogP contribution in [-0.4, -0.2) is 21.2 Å². The first kappa shape index (κ1) is 12.6. The van der Waals surface area contributed by atoms with E-state index in [0.29, 0.717) is 0 Å². The summed E-state index contributed by atoms with van der Waals surface area (Å²) in [6.45, 7) is 2.76. The Morgan fingerprint density at radius 3 is 2.08 bits per heavy atom. The van der Waals surface area contributed by atoms with Gasteiger partial charge in [0, 0.05) is 6.92 Å². The van der Waals surface area contributed by atoms with Crippen molar-refractivity contribution < 1.29 is 9.53 Å². The van der Waals surface area contributed by atoms with Crippen LogP contribution in [0.4, 0.5) is 0 Å². The van der Waals surface area contributed by atoms with E-state index in [1.54, 1.807) is 0 Å². The molecule has 0 bridgehead atoms. The molecule has 0 aliphatic rings. The van der Waals surface area contributed by atoms with E-state index in [1.807, 2.05) is 0 Å². The Hall–Kier alpha value is 0.630. The molecule has 0 fully saturated rings. The van der Waals surface area contributed by atoms with E-state index in [9.17, 15) is 4.79 Å². The van der Waals surface area contributed by atoms with E-state index in [4.69, 9.17) is 51.1 Å². The predicted octanol–water partition coefficient (Wildman–Crippen LogP) is 2.92. The molecule has 0 saturated carbocycles. The van der Waals surface area contributed by atoms with Crippen LogP contribution in [0.15, 0.2) is 0 Å². The molecule has 0 heterocycles. The van der Waals surface area contributed by atoms with Gasteiger partial charge in [0.15, 0.2) is 4.33 Å². The van der Waals surface area contributed by atoms with Gasteiger partial charge in [-0.15, -0.1) is 23.2 Å². The molecule has 0 spiro atoms. The van der Waals surface area contributed by atoms with Crippen LogP contribution in [0.3, 0.4) is 0 Å². The molecule has 1 unspecified atom stereocenters. The molecule has 0 aromatic carbocycles. The molecule has 0 N–H and O–H groups in total. The number of esters is 1. The van der Waals surface area contributed by atoms with Crippen molar-refractivity contribution in [3.05, 3.63) is 0 Å². The zero-order valence-electron chi connectivity index (χ0n) is 6.48. The van der Waals surface area contributed by atoms with Crippen molar-refractivity contribution in [1.82, 2.24) is 0 Å². The third kappa shape index (κ3) is 3.56. The Labute approximate surface area is 91.1 Å². The molecule has 0 aliphatic heterocycles. The number of hydrogen-bond acceptors (Lipinski definition) is 2. The van der Waals surface area contributed by atoms with Gasteiger partial charge < -0.3 is 4.74 Å². The van der Waals surface area contributed by atoms with Gasteiger partial charge in [0.05, 0.1) is 0 Å². The first-order valence-electron chi connectivity index (χ1n) is 3.11. The van der Waals surface area contributed by atoms with Crippen LogP contribution in [0.1, 0.15) is 13.8 Å². The summed E-state index contributed by atoms with van der Waals surface area (Å²) < 4.78 is 3.23. The second kappa shape index (κ2) is 4.75. The maximum absolute atomic E-state index is 10.5. The lowest BCUT2D eigenvalue weighted by molar-refractivity contribution is -0.145. The molecule has 0 radical (unpaired) electrons. The molecule has 0 aliphatic carbocycles. The predicted molar refractivity (Wildman–Crippen MR) is 51.2 cm³/mol. The third-order valence-electron chi connectivity index (χ3n) is 1.18. The molecule has 0 amide bonds. The topological polar surface area (TPSA) is 26.3 Å². The highest BCUT2D eigenvalue weighted by Gasteiger charge is 2.40. The first-order chi connectivity index (χ1) is 5.28. The van der Waals surface area contributed by atoms with Crippen LogP contribution in [0.2, 0.25) is 0 Å². The summed E-state index contributed by atoms with van der Waals surface area (Å²) in [7, 11) is 0. The molecule has 0 aromatic rings. The van der Waals surface area contributed by atoms with Gasteiger partial charge in [-0.25, -0.2) is 0 Å². The summed E-state index contributed by atoms with van der Waals surface area (Å²) in [5, 5.41) is 0. The monoisotopic (exact) mass is 252 g/mol. The Balaban J connectivity index is 4.24. The van der Waals surface area contributed by atoms with Crippen molar-refractivity contribution in [3.8, 4) is 0 Å². The lowest BCUT2D eigenvalue weighted by atomic mass is 10.3. The second-order valence-electron chi connectivity index (χ2n) is 2.23. The highest BCUT2D eigenvalue weighted by molar-refractivity contribution is 6.60. The zero-order chi connectivity index (χ0) is 9.94. The number of carbonyl (C=O) groups is 1. The van der Waals surface area contributed by atoms with Crippen LogP contribution >= 0.6 is 46.4 Å². The summed E-state index contributed by atoms with van der Waals surface area (Å²) in [5.41, 5.74) is 0. The Morgan fingerprint density at radius 2 is 1.83 bits per heavy atom. The van der Waals surface area contributed by atoms with Gasteiger partial charge in [0.2, 0.25) is 0 Å². The normalized spacial score (nSPS) is 14.6. The van der Waals surface area contributed by atoms with Crippen LogP contribution in [0, 0.1) is 0 Å². The summed E-state index contributed by atoms with van der Waals surface area (Å²) in [6, 6.07) is 0. The summed E-state index contributed by atoms with van der Waals surface area (Å²) >= 11 is 22.3. The van der Waals surface area contributed by atoms with Crippen molar-refractivity contribution in [1.29, 1.82) is 0 Å². The molecule has 72 valence electrons. The SMILES string of the molecule is CC(=O)OC(C)C(Cl)(Cl)C(Cl)Cl. The lowest BCUT2D eigenvalue weighted by Crippen LogP contribution is -2.38. The van der Waals surface area contributed by atoms with Crippen molar-refractivity contribution in [2.45, 2.75) is 29.1 Å². The largest absolute Gasteiger partial charge is 0.460 e. The maximum Gasteiger partial charge on any atom is 0.302 e. The fraction of sp³-hybridized carbons (Fsp3) is 0.833. The highest BCUT2D eigenvalue weighted by atomic mass is 35.5. The average molecular weight is 254 g/mol. The molecule has 2 nitrogen and oxygen atoms in total. The number of ether oxygens (including phenoxy) is 1. The van der Waals surface area contributed by atoms with Gasteiger partial charge in [-0.3, -0.25) is 4.79 Å². The molecular formula is C6H8Cl4O2. The van der Waals surface area contributed by atoms with E-state index in [1.165, 1.54) is 13.8 Å². The fourth-order valence-corrected chi connectivity index (χ4v) is 0.949. The van der Waals surface area contributed by atoms with Crippen LogP contribution in [-0.2, 0) is 9.53 Å². The van der Waals surface area contributed by atoms with E-state index in [-0.39, 0.29) is 0 Å². The minimum Gasteiger partial charge on any atom is -0.460 e. The molecule has 6 heteroatoms. The van der Waals surface area contributed by atoms with Crippen molar-refractivity contribution in [2.75, 3.05) is 0 Å². The minimum absolute atomic E-state index is 0.484. The Morgan fingerprint density at radius 1 is 1.42 bits per heavy atom. The van der Waals surface area contributed by atoms with Gasteiger partial charge >= 0.3 is 5.97 Å². The van der Waals surface area contributed by atoms with Crippen LogP contribution < -0.4 is 0 Å². The number of hydrogen-bond donors (Lipinski definition) is 0. The van der Waals surface area contributed by atoms with Gasteiger partial charge in [-0.1, -0.05) is 23.2 Å². The van der Waals surface area contributed by atoms with E-state index in [0.717, 1.165) is 0 Å². The number of halogens is 4. The molecule has 1 atom stereocenters. The summed E-state index contributed by atoms with van der Waals surface area (Å²) in [6.07, 6.45) is -0.752. The van der Waals surface area contributed by atoms with Crippen molar-refractivity contribution in [2.24, 2.45) is 0 Å². The fourth-order valence-electron chi connectivity index (χ4n) is 0.505. The van der Waals surface area contributed by atoms with Gasteiger partial charge in [0.1, 0.15) is 10.9 Å². The lowest BCUT2D eigenvalue weighted by Gasteiger charge is -2.26. The van der Waals surface area contributed by atoms with Crippen molar-refractivity contribution in [3.63, 3.8) is 0 Å². The second-order valence-corrected chi connectivity index (χ2v) is 4.77. The number of alkyl halides is 4. The zero-order valence-corrected chi connectivity index (χ0v) is 9.51. The maximum atomic E-state index is 10.5. The molecule has 12 heavy (non-hydrogen) atoms. The van der Waals surface area contributed by atoms with Crippen LogP contribution in [0.5, 0.6) is 0 Å². The third-order valence-corrected chi connectivity index (χ3v) is 3.36. The Kier molecular flexibility index (Phi) is 5.00.